The average molecular weight is 359 g/mol. The van der Waals surface area contributed by atoms with Gasteiger partial charge >= 0.3 is 0 Å². The first-order valence-electron chi connectivity index (χ1n) is 9.04. The van der Waals surface area contributed by atoms with E-state index in [0.717, 1.165) is 11.3 Å². The largest absolute Gasteiger partial charge is 0.396 e. The fraction of sp³-hybridized carbons (Fsp3) is 0.526. The standard InChI is InChI=1S/C19H25N3O4/c1-12(11-23)18(25)22-7-3-6-21(10-13(22)2)19(26)14-4-5-16-15(8-14)9-17(24)20-16/h4-5,8,12-13,23H,3,6-7,9-11H2,1-2H3,(H,20,24). The van der Waals surface area contributed by atoms with Gasteiger partial charge in [0.1, 0.15) is 0 Å². The van der Waals surface area contributed by atoms with Crippen LogP contribution in [0.4, 0.5) is 5.69 Å². The van der Waals surface area contributed by atoms with E-state index in [1.807, 2.05) is 6.92 Å². The highest BCUT2D eigenvalue weighted by atomic mass is 16.3. The summed E-state index contributed by atoms with van der Waals surface area (Å²) in [6, 6.07) is 5.18. The number of carbonyl (C=O) groups excluding carboxylic acids is 3. The van der Waals surface area contributed by atoms with E-state index in [0.29, 0.717) is 38.0 Å². The van der Waals surface area contributed by atoms with Crippen molar-refractivity contribution in [3.63, 3.8) is 0 Å². The van der Waals surface area contributed by atoms with Crippen LogP contribution in [-0.2, 0) is 16.0 Å². The predicted octanol–water partition coefficient (Wildman–Crippen LogP) is 0.873. The summed E-state index contributed by atoms with van der Waals surface area (Å²) in [5.41, 5.74) is 2.18. The molecule has 3 amide bonds. The van der Waals surface area contributed by atoms with Gasteiger partial charge < -0.3 is 20.2 Å². The predicted molar refractivity (Wildman–Crippen MR) is 96.7 cm³/mol. The molecule has 0 saturated carbocycles. The zero-order valence-corrected chi connectivity index (χ0v) is 15.2. The van der Waals surface area contributed by atoms with Gasteiger partial charge in [0.15, 0.2) is 0 Å². The number of hydrogen-bond donors (Lipinski definition) is 2. The molecule has 0 bridgehead atoms. The molecule has 0 spiro atoms. The highest BCUT2D eigenvalue weighted by Crippen LogP contribution is 2.25. The van der Waals surface area contributed by atoms with Crippen molar-refractivity contribution < 1.29 is 19.5 Å². The van der Waals surface area contributed by atoms with Crippen molar-refractivity contribution in [1.29, 1.82) is 0 Å². The van der Waals surface area contributed by atoms with E-state index in [-0.39, 0.29) is 30.4 Å². The van der Waals surface area contributed by atoms with Gasteiger partial charge in [-0.2, -0.15) is 0 Å². The summed E-state index contributed by atoms with van der Waals surface area (Å²) >= 11 is 0. The average Bonchev–Trinajstić information content (AvgIpc) is 2.89. The maximum absolute atomic E-state index is 12.9. The number of carbonyl (C=O) groups is 3. The molecule has 26 heavy (non-hydrogen) atoms. The van der Waals surface area contributed by atoms with Crippen LogP contribution in [0.3, 0.4) is 0 Å². The van der Waals surface area contributed by atoms with Gasteiger partial charge in [0.25, 0.3) is 5.91 Å². The van der Waals surface area contributed by atoms with Crippen LogP contribution in [0.5, 0.6) is 0 Å². The SMILES string of the molecule is CC(CO)C(=O)N1CCCN(C(=O)c2ccc3c(c2)CC(=O)N3)CC1C. The Kier molecular flexibility index (Phi) is 5.27. The minimum Gasteiger partial charge on any atom is -0.396 e. The number of hydrogen-bond acceptors (Lipinski definition) is 4. The molecule has 0 aromatic heterocycles. The first kappa shape index (κ1) is 18.4. The number of aliphatic hydroxyl groups excluding tert-OH is 1. The molecule has 2 atom stereocenters. The smallest absolute Gasteiger partial charge is 0.253 e. The van der Waals surface area contributed by atoms with Gasteiger partial charge in [0.2, 0.25) is 11.8 Å². The van der Waals surface area contributed by atoms with E-state index in [2.05, 4.69) is 5.32 Å². The number of nitrogens with zero attached hydrogens (tertiary/aromatic N) is 2. The van der Waals surface area contributed by atoms with E-state index in [1.54, 1.807) is 34.9 Å². The van der Waals surface area contributed by atoms with Crippen LogP contribution in [0.2, 0.25) is 0 Å². The van der Waals surface area contributed by atoms with Gasteiger partial charge in [-0.1, -0.05) is 6.92 Å². The summed E-state index contributed by atoms with van der Waals surface area (Å²) in [5.74, 6) is -0.637. The van der Waals surface area contributed by atoms with E-state index in [1.165, 1.54) is 0 Å². The Morgan fingerprint density at radius 2 is 2.12 bits per heavy atom. The Balaban J connectivity index is 1.72. The molecule has 1 saturated heterocycles. The Morgan fingerprint density at radius 1 is 1.35 bits per heavy atom. The Hall–Kier alpha value is -2.41. The lowest BCUT2D eigenvalue weighted by molar-refractivity contribution is -0.138. The fourth-order valence-corrected chi connectivity index (χ4v) is 3.58. The number of fused-ring (bicyclic) bond motifs is 1. The monoisotopic (exact) mass is 359 g/mol. The van der Waals surface area contributed by atoms with Crippen molar-refractivity contribution >= 4 is 23.4 Å². The molecule has 3 rings (SSSR count). The van der Waals surface area contributed by atoms with Gasteiger partial charge in [-0.3, -0.25) is 14.4 Å². The Morgan fingerprint density at radius 3 is 2.85 bits per heavy atom. The maximum atomic E-state index is 12.9. The highest BCUT2D eigenvalue weighted by Gasteiger charge is 2.30. The topological polar surface area (TPSA) is 90.0 Å². The van der Waals surface area contributed by atoms with E-state index >= 15 is 0 Å². The third-order valence-corrected chi connectivity index (χ3v) is 5.09. The molecule has 1 aromatic rings. The van der Waals surface area contributed by atoms with E-state index in [9.17, 15) is 19.5 Å². The Labute approximate surface area is 153 Å². The van der Waals surface area contributed by atoms with E-state index in [4.69, 9.17) is 0 Å². The molecule has 2 heterocycles. The summed E-state index contributed by atoms with van der Waals surface area (Å²) in [6.45, 7) is 5.08. The molecule has 2 aliphatic rings. The van der Waals surface area contributed by atoms with Crippen LogP contribution in [0, 0.1) is 5.92 Å². The first-order valence-corrected chi connectivity index (χ1v) is 9.04. The maximum Gasteiger partial charge on any atom is 0.253 e. The van der Waals surface area contributed by atoms with Crippen LogP contribution in [0.25, 0.3) is 0 Å². The first-order chi connectivity index (χ1) is 12.4. The number of anilines is 1. The summed E-state index contributed by atoms with van der Waals surface area (Å²) in [7, 11) is 0. The van der Waals surface area contributed by atoms with Gasteiger partial charge in [0, 0.05) is 36.9 Å². The molecular weight excluding hydrogens is 334 g/mol. The zero-order valence-electron chi connectivity index (χ0n) is 15.2. The third kappa shape index (κ3) is 3.58. The number of benzene rings is 1. The van der Waals surface area contributed by atoms with E-state index < -0.39 is 5.92 Å². The van der Waals surface area contributed by atoms with Crippen molar-refractivity contribution in [3.8, 4) is 0 Å². The number of rotatable bonds is 3. The molecule has 140 valence electrons. The van der Waals surface area contributed by atoms with Crippen molar-refractivity contribution in [2.24, 2.45) is 5.92 Å². The van der Waals surface area contributed by atoms with Crippen molar-refractivity contribution in [1.82, 2.24) is 9.80 Å². The second-order valence-corrected chi connectivity index (χ2v) is 7.17. The van der Waals surface area contributed by atoms with Gasteiger partial charge in [-0.05, 0) is 37.1 Å². The Bertz CT molecular complexity index is 733. The quantitative estimate of drug-likeness (QED) is 0.838. The van der Waals surface area contributed by atoms with Crippen molar-refractivity contribution in [2.45, 2.75) is 32.7 Å². The summed E-state index contributed by atoms with van der Waals surface area (Å²) in [5, 5.41) is 12.0. The zero-order chi connectivity index (χ0) is 18.8. The lowest BCUT2D eigenvalue weighted by atomic mass is 10.1. The molecular formula is C19H25N3O4. The summed E-state index contributed by atoms with van der Waals surface area (Å²) in [4.78, 5) is 40.4. The summed E-state index contributed by atoms with van der Waals surface area (Å²) < 4.78 is 0. The fourth-order valence-electron chi connectivity index (χ4n) is 3.58. The second-order valence-electron chi connectivity index (χ2n) is 7.17. The third-order valence-electron chi connectivity index (χ3n) is 5.09. The molecule has 1 fully saturated rings. The number of nitrogens with one attached hydrogen (secondary N) is 1. The lowest BCUT2D eigenvalue weighted by Crippen LogP contribution is -2.46. The van der Waals surface area contributed by atoms with Gasteiger partial charge in [-0.25, -0.2) is 0 Å². The molecule has 0 aliphatic carbocycles. The van der Waals surface area contributed by atoms with Crippen LogP contribution >= 0.6 is 0 Å². The molecule has 1 aromatic carbocycles. The van der Waals surface area contributed by atoms with Crippen LogP contribution in [0.15, 0.2) is 18.2 Å². The number of amides is 3. The van der Waals surface area contributed by atoms with Crippen molar-refractivity contribution in [3.05, 3.63) is 29.3 Å². The normalized spacial score (nSPS) is 21.0. The minimum atomic E-state index is -0.429. The lowest BCUT2D eigenvalue weighted by Gasteiger charge is -2.30. The van der Waals surface area contributed by atoms with Crippen molar-refractivity contribution in [2.75, 3.05) is 31.6 Å². The summed E-state index contributed by atoms with van der Waals surface area (Å²) in [6.07, 6.45) is 0.999. The van der Waals surface area contributed by atoms with Crippen LogP contribution < -0.4 is 5.32 Å². The molecule has 2 unspecified atom stereocenters. The number of aliphatic hydroxyl groups is 1. The van der Waals surface area contributed by atoms with Crippen LogP contribution in [-0.4, -0.2) is 64.9 Å². The van der Waals surface area contributed by atoms with Gasteiger partial charge in [0.05, 0.1) is 18.9 Å². The minimum absolute atomic E-state index is 0.0554. The molecule has 0 radical (unpaired) electrons. The van der Waals surface area contributed by atoms with Gasteiger partial charge in [-0.15, -0.1) is 0 Å². The molecule has 2 N–H and O–H groups in total. The molecule has 2 aliphatic heterocycles. The molecule has 7 nitrogen and oxygen atoms in total. The molecule has 7 heteroatoms. The second kappa shape index (κ2) is 7.45. The highest BCUT2D eigenvalue weighted by molar-refractivity contribution is 6.01. The van der Waals surface area contributed by atoms with Crippen LogP contribution in [0.1, 0.15) is 36.2 Å².